The second kappa shape index (κ2) is 7.58. The first-order chi connectivity index (χ1) is 12.0. The Bertz CT molecular complexity index is 890. The Kier molecular flexibility index (Phi) is 5.25. The molecule has 25 heavy (non-hydrogen) atoms. The summed E-state index contributed by atoms with van der Waals surface area (Å²) in [5.41, 5.74) is 2.30. The van der Waals surface area contributed by atoms with E-state index in [9.17, 15) is 4.79 Å². The molecule has 3 rings (SSSR count). The number of rotatable bonds is 5. The Morgan fingerprint density at radius 2 is 1.68 bits per heavy atom. The molecule has 1 amide bonds. The zero-order valence-corrected chi connectivity index (χ0v) is 15.1. The molecule has 128 valence electrons. The number of benzene rings is 3. The Hall–Kier alpha value is -2.52. The molecule has 0 N–H and O–H groups in total. The van der Waals surface area contributed by atoms with Crippen molar-refractivity contribution < 1.29 is 9.53 Å². The number of ether oxygens (including phenoxy) is 1. The van der Waals surface area contributed by atoms with Crippen LogP contribution in [0.1, 0.15) is 11.1 Å². The number of carbonyl (C=O) groups is 1. The van der Waals surface area contributed by atoms with E-state index >= 15 is 0 Å². The van der Waals surface area contributed by atoms with E-state index in [4.69, 9.17) is 16.3 Å². The smallest absolute Gasteiger partial charge is 0.260 e. The third kappa shape index (κ3) is 4.12. The molecular formula is C21H20ClNO2. The molecule has 0 unspecified atom stereocenters. The zero-order valence-electron chi connectivity index (χ0n) is 14.3. The fourth-order valence-electron chi connectivity index (χ4n) is 2.67. The first kappa shape index (κ1) is 17.3. The molecule has 3 nitrogen and oxygen atoms in total. The van der Waals surface area contributed by atoms with Crippen molar-refractivity contribution in [2.75, 3.05) is 13.7 Å². The zero-order chi connectivity index (χ0) is 17.8. The molecule has 0 aromatic heterocycles. The molecule has 0 aliphatic heterocycles. The molecule has 0 radical (unpaired) electrons. The molecule has 0 fully saturated rings. The van der Waals surface area contributed by atoms with Crippen LogP contribution in [-0.4, -0.2) is 24.5 Å². The van der Waals surface area contributed by atoms with Gasteiger partial charge in [-0.25, -0.2) is 0 Å². The third-order valence-corrected chi connectivity index (χ3v) is 4.48. The van der Waals surface area contributed by atoms with Crippen LogP contribution in [0.25, 0.3) is 10.8 Å². The van der Waals surface area contributed by atoms with Crippen molar-refractivity contribution in [3.63, 3.8) is 0 Å². The summed E-state index contributed by atoms with van der Waals surface area (Å²) in [5, 5.41) is 2.50. The maximum Gasteiger partial charge on any atom is 0.260 e. The summed E-state index contributed by atoms with van der Waals surface area (Å²) in [6.07, 6.45) is 0. The van der Waals surface area contributed by atoms with Crippen molar-refractivity contribution in [2.45, 2.75) is 13.5 Å². The van der Waals surface area contributed by atoms with Crippen molar-refractivity contribution >= 4 is 28.3 Å². The minimum Gasteiger partial charge on any atom is -0.483 e. The van der Waals surface area contributed by atoms with Gasteiger partial charge in [-0.3, -0.25) is 4.79 Å². The van der Waals surface area contributed by atoms with Gasteiger partial charge in [-0.15, -0.1) is 0 Å². The molecule has 0 atom stereocenters. The molecule has 0 saturated heterocycles. The van der Waals surface area contributed by atoms with E-state index in [0.717, 1.165) is 16.3 Å². The molecule has 4 heteroatoms. The summed E-state index contributed by atoms with van der Waals surface area (Å²) < 4.78 is 5.76. The lowest BCUT2D eigenvalue weighted by Crippen LogP contribution is -2.30. The van der Waals surface area contributed by atoms with Crippen LogP contribution in [0, 0.1) is 6.92 Å². The minimum absolute atomic E-state index is 0.00596. The second-order valence-electron chi connectivity index (χ2n) is 6.12. The van der Waals surface area contributed by atoms with E-state index in [-0.39, 0.29) is 12.5 Å². The highest BCUT2D eigenvalue weighted by Gasteiger charge is 2.12. The van der Waals surface area contributed by atoms with Gasteiger partial charge in [0, 0.05) is 29.4 Å². The predicted octanol–water partition coefficient (Wildman–Crippen LogP) is 4.84. The SMILES string of the molecule is Cc1ccc(CN(C)C(=O)COc2ccc(Cl)c3ccccc23)cc1. The van der Waals surface area contributed by atoms with Crippen LogP contribution in [0.3, 0.4) is 0 Å². The average molecular weight is 354 g/mol. The number of hydrogen-bond donors (Lipinski definition) is 0. The Labute approximate surface area is 152 Å². The quantitative estimate of drug-likeness (QED) is 0.657. The third-order valence-electron chi connectivity index (χ3n) is 4.15. The maximum absolute atomic E-state index is 12.4. The fraction of sp³-hybridized carbons (Fsp3) is 0.190. The Balaban J connectivity index is 1.66. The van der Waals surface area contributed by atoms with Gasteiger partial charge in [-0.1, -0.05) is 65.7 Å². The minimum atomic E-state index is -0.0698. The highest BCUT2D eigenvalue weighted by Crippen LogP contribution is 2.31. The maximum atomic E-state index is 12.4. The molecular weight excluding hydrogens is 334 g/mol. The predicted molar refractivity (Wildman–Crippen MR) is 102 cm³/mol. The standard InChI is InChI=1S/C21H20ClNO2/c1-15-7-9-16(10-8-15)13-23(2)21(24)14-25-20-12-11-19(22)17-5-3-4-6-18(17)20/h3-12H,13-14H2,1-2H3. The van der Waals surface area contributed by atoms with Crippen LogP contribution in [-0.2, 0) is 11.3 Å². The highest BCUT2D eigenvalue weighted by molar-refractivity contribution is 6.35. The lowest BCUT2D eigenvalue weighted by Gasteiger charge is -2.18. The van der Waals surface area contributed by atoms with Gasteiger partial charge >= 0.3 is 0 Å². The van der Waals surface area contributed by atoms with Crippen LogP contribution in [0.2, 0.25) is 5.02 Å². The summed E-state index contributed by atoms with van der Waals surface area (Å²) in [6.45, 7) is 2.60. The summed E-state index contributed by atoms with van der Waals surface area (Å²) >= 11 is 6.21. The van der Waals surface area contributed by atoms with Gasteiger partial charge < -0.3 is 9.64 Å². The topological polar surface area (TPSA) is 29.5 Å². The molecule has 0 saturated carbocycles. The average Bonchev–Trinajstić information content (AvgIpc) is 2.63. The van der Waals surface area contributed by atoms with Crippen LogP contribution in [0.5, 0.6) is 5.75 Å². The molecule has 0 aliphatic carbocycles. The van der Waals surface area contributed by atoms with Gasteiger partial charge in [-0.05, 0) is 24.6 Å². The van der Waals surface area contributed by atoms with Gasteiger partial charge in [0.2, 0.25) is 0 Å². The van der Waals surface area contributed by atoms with Gasteiger partial charge in [0.05, 0.1) is 0 Å². The number of aryl methyl sites for hydroxylation is 1. The molecule has 0 heterocycles. The normalized spacial score (nSPS) is 10.7. The lowest BCUT2D eigenvalue weighted by atomic mass is 10.1. The van der Waals surface area contributed by atoms with E-state index in [2.05, 4.69) is 0 Å². The largest absolute Gasteiger partial charge is 0.483 e. The number of carbonyl (C=O) groups excluding carboxylic acids is 1. The fourth-order valence-corrected chi connectivity index (χ4v) is 2.89. The van der Waals surface area contributed by atoms with Crippen LogP contribution in [0.4, 0.5) is 0 Å². The second-order valence-corrected chi connectivity index (χ2v) is 6.52. The monoisotopic (exact) mass is 353 g/mol. The summed E-state index contributed by atoms with van der Waals surface area (Å²) in [5.74, 6) is 0.594. The number of likely N-dealkylation sites (N-methyl/N-ethyl adjacent to an activating group) is 1. The summed E-state index contributed by atoms with van der Waals surface area (Å²) in [7, 11) is 1.78. The van der Waals surface area contributed by atoms with Crippen LogP contribution < -0.4 is 4.74 Å². The number of hydrogen-bond acceptors (Lipinski definition) is 2. The molecule has 0 aliphatic rings. The van der Waals surface area contributed by atoms with Crippen LogP contribution in [0.15, 0.2) is 60.7 Å². The lowest BCUT2D eigenvalue weighted by molar-refractivity contribution is -0.132. The number of amides is 1. The van der Waals surface area contributed by atoms with E-state index in [1.54, 1.807) is 24.1 Å². The molecule has 3 aromatic rings. The van der Waals surface area contributed by atoms with Crippen molar-refractivity contribution in [1.82, 2.24) is 4.90 Å². The van der Waals surface area contributed by atoms with E-state index in [0.29, 0.717) is 17.3 Å². The van der Waals surface area contributed by atoms with Gasteiger partial charge in [0.15, 0.2) is 6.61 Å². The highest BCUT2D eigenvalue weighted by atomic mass is 35.5. The van der Waals surface area contributed by atoms with Gasteiger partial charge in [0.1, 0.15) is 5.75 Å². The van der Waals surface area contributed by atoms with Crippen molar-refractivity contribution in [3.8, 4) is 5.75 Å². The summed E-state index contributed by atoms with van der Waals surface area (Å²) in [6, 6.07) is 19.5. The van der Waals surface area contributed by atoms with Crippen molar-refractivity contribution in [3.05, 3.63) is 76.8 Å². The van der Waals surface area contributed by atoms with E-state index in [1.165, 1.54) is 5.56 Å². The Morgan fingerprint density at radius 1 is 1.00 bits per heavy atom. The molecule has 0 spiro atoms. The van der Waals surface area contributed by atoms with Gasteiger partial charge in [-0.2, -0.15) is 0 Å². The van der Waals surface area contributed by atoms with Gasteiger partial charge in [0.25, 0.3) is 5.91 Å². The van der Waals surface area contributed by atoms with Crippen molar-refractivity contribution in [2.24, 2.45) is 0 Å². The summed E-state index contributed by atoms with van der Waals surface area (Å²) in [4.78, 5) is 14.0. The first-order valence-electron chi connectivity index (χ1n) is 8.14. The molecule has 0 bridgehead atoms. The van der Waals surface area contributed by atoms with Crippen LogP contribution >= 0.6 is 11.6 Å². The van der Waals surface area contributed by atoms with Crippen molar-refractivity contribution in [1.29, 1.82) is 0 Å². The van der Waals surface area contributed by atoms with E-state index in [1.807, 2.05) is 55.5 Å². The van der Waals surface area contributed by atoms with E-state index < -0.39 is 0 Å². The number of halogens is 1. The number of nitrogens with zero attached hydrogens (tertiary/aromatic N) is 1. The first-order valence-corrected chi connectivity index (χ1v) is 8.52. The molecule has 3 aromatic carbocycles. The number of fused-ring (bicyclic) bond motifs is 1. The Morgan fingerprint density at radius 3 is 2.40 bits per heavy atom.